The highest BCUT2D eigenvalue weighted by atomic mass is 16.5. The number of aryl methyl sites for hydroxylation is 2. The molecule has 1 atom stereocenters. The van der Waals surface area contributed by atoms with E-state index in [1.807, 2.05) is 20.8 Å². The Bertz CT molecular complexity index is 901. The second kappa shape index (κ2) is 5.71. The molecule has 2 N–H and O–H groups in total. The number of H-pyrrole nitrogens is 1. The number of nitrogens with one attached hydrogen (secondary N) is 2. The van der Waals surface area contributed by atoms with Gasteiger partial charge in [0, 0.05) is 11.8 Å². The van der Waals surface area contributed by atoms with E-state index in [1.54, 1.807) is 12.1 Å². The van der Waals surface area contributed by atoms with Gasteiger partial charge in [-0.1, -0.05) is 12.1 Å². The zero-order chi connectivity index (χ0) is 16.6. The van der Waals surface area contributed by atoms with Crippen molar-refractivity contribution in [1.82, 2.24) is 25.1 Å². The molecule has 3 aromatic rings. The summed E-state index contributed by atoms with van der Waals surface area (Å²) in [5.74, 6) is 0.419. The molecule has 0 aliphatic carbocycles. The summed E-state index contributed by atoms with van der Waals surface area (Å²) < 4.78 is 6.47. The van der Waals surface area contributed by atoms with Gasteiger partial charge in [0.05, 0.1) is 17.3 Å². The lowest BCUT2D eigenvalue weighted by atomic mass is 10.0. The van der Waals surface area contributed by atoms with Crippen molar-refractivity contribution in [2.24, 2.45) is 0 Å². The van der Waals surface area contributed by atoms with Gasteiger partial charge in [0.25, 0.3) is 5.91 Å². The zero-order valence-corrected chi connectivity index (χ0v) is 13.1. The van der Waals surface area contributed by atoms with Crippen molar-refractivity contribution in [3.63, 3.8) is 0 Å². The normalized spacial score (nSPS) is 12.5. The van der Waals surface area contributed by atoms with Crippen molar-refractivity contribution in [2.45, 2.75) is 33.2 Å². The topological polar surface area (TPSA) is 105 Å². The van der Waals surface area contributed by atoms with Crippen LogP contribution in [0.25, 0.3) is 5.65 Å². The van der Waals surface area contributed by atoms with Crippen LogP contribution in [-0.2, 0) is 0 Å². The molecule has 0 fully saturated rings. The number of amides is 1. The first kappa shape index (κ1) is 15.0. The van der Waals surface area contributed by atoms with Crippen LogP contribution in [0.3, 0.4) is 0 Å². The quantitative estimate of drug-likeness (QED) is 0.759. The van der Waals surface area contributed by atoms with Gasteiger partial charge in [-0.2, -0.15) is 5.10 Å². The van der Waals surface area contributed by atoms with Crippen LogP contribution in [0, 0.1) is 13.8 Å². The van der Waals surface area contributed by atoms with Gasteiger partial charge < -0.3 is 9.84 Å². The zero-order valence-electron chi connectivity index (χ0n) is 13.1. The molecule has 8 heteroatoms. The molecule has 1 amide bonds. The van der Waals surface area contributed by atoms with Gasteiger partial charge in [0.2, 0.25) is 0 Å². The van der Waals surface area contributed by atoms with Gasteiger partial charge in [0.15, 0.2) is 5.65 Å². The molecule has 3 heterocycles. The minimum Gasteiger partial charge on any atom is -0.361 e. The summed E-state index contributed by atoms with van der Waals surface area (Å²) in [6, 6.07) is 3.04. The number of pyridine rings is 1. The van der Waals surface area contributed by atoms with E-state index in [1.165, 1.54) is 10.6 Å². The maximum absolute atomic E-state index is 12.5. The Balaban J connectivity index is 1.89. The first-order valence-electron chi connectivity index (χ1n) is 7.31. The number of nitrogens with zero attached hydrogens (tertiary/aromatic N) is 3. The lowest BCUT2D eigenvalue weighted by Gasteiger charge is -2.17. The monoisotopic (exact) mass is 315 g/mol. The predicted molar refractivity (Wildman–Crippen MR) is 82.3 cm³/mol. The van der Waals surface area contributed by atoms with Gasteiger partial charge in [-0.25, -0.2) is 14.3 Å². The summed E-state index contributed by atoms with van der Waals surface area (Å²) in [4.78, 5) is 24.1. The molecule has 3 rings (SSSR count). The largest absolute Gasteiger partial charge is 0.361 e. The molecule has 0 aliphatic rings. The highest BCUT2D eigenvalue weighted by Gasteiger charge is 2.21. The van der Waals surface area contributed by atoms with Crippen molar-refractivity contribution in [2.75, 3.05) is 0 Å². The fraction of sp³-hybridized carbons (Fsp3) is 0.333. The van der Waals surface area contributed by atoms with Crippen LogP contribution >= 0.6 is 0 Å². The molecule has 8 nitrogen and oxygen atoms in total. The number of hydrogen-bond acceptors (Lipinski definition) is 5. The summed E-state index contributed by atoms with van der Waals surface area (Å²) in [6.07, 6.45) is 2.17. The minimum absolute atomic E-state index is 0.203. The molecule has 0 radical (unpaired) electrons. The average Bonchev–Trinajstić information content (AvgIpc) is 3.08. The molecule has 3 aromatic heterocycles. The molecule has 0 spiro atoms. The number of carbonyl (C=O) groups is 1. The summed E-state index contributed by atoms with van der Waals surface area (Å²) in [5.41, 5.74) is 2.11. The Kier molecular flexibility index (Phi) is 3.73. The number of fused-ring (bicyclic) bond motifs is 1. The van der Waals surface area contributed by atoms with E-state index < -0.39 is 0 Å². The maximum Gasteiger partial charge on any atom is 0.347 e. The van der Waals surface area contributed by atoms with Gasteiger partial charge in [-0.15, -0.1) is 0 Å². The first-order valence-corrected chi connectivity index (χ1v) is 7.31. The predicted octanol–water partition coefficient (Wildman–Crippen LogP) is 1.51. The Hall–Kier alpha value is -2.90. The second-order valence-electron chi connectivity index (χ2n) is 5.35. The van der Waals surface area contributed by atoms with Crippen molar-refractivity contribution >= 4 is 11.6 Å². The van der Waals surface area contributed by atoms with Gasteiger partial charge in [-0.3, -0.25) is 4.79 Å². The lowest BCUT2D eigenvalue weighted by Crippen LogP contribution is -2.29. The molecule has 1 unspecified atom stereocenters. The molecule has 0 bridgehead atoms. The second-order valence-corrected chi connectivity index (χ2v) is 5.35. The summed E-state index contributed by atoms with van der Waals surface area (Å²) >= 11 is 0. The number of rotatable bonds is 4. The van der Waals surface area contributed by atoms with Crippen LogP contribution in [0.1, 0.15) is 46.8 Å². The lowest BCUT2D eigenvalue weighted by molar-refractivity contribution is 0.0935. The third-order valence-electron chi connectivity index (χ3n) is 3.82. The molecule has 23 heavy (non-hydrogen) atoms. The molecule has 0 saturated carbocycles. The highest BCUT2D eigenvalue weighted by Crippen LogP contribution is 2.24. The smallest absolute Gasteiger partial charge is 0.347 e. The fourth-order valence-electron chi connectivity index (χ4n) is 2.65. The third-order valence-corrected chi connectivity index (χ3v) is 3.82. The molecular formula is C15H17N5O3. The highest BCUT2D eigenvalue weighted by molar-refractivity contribution is 5.94. The summed E-state index contributed by atoms with van der Waals surface area (Å²) in [5, 5.41) is 13.1. The molecule has 120 valence electrons. The Morgan fingerprint density at radius 3 is 2.87 bits per heavy atom. The van der Waals surface area contributed by atoms with Crippen LogP contribution < -0.4 is 11.0 Å². The van der Waals surface area contributed by atoms with Crippen molar-refractivity contribution in [3.8, 4) is 0 Å². The standard InChI is InChI=1S/C15H17N5O3/c1-4-11(13-8(2)19-23-9(13)3)16-14(21)10-5-6-12-17-18-15(22)20(12)7-10/h5-7,11H,4H2,1-3H3,(H,16,21)(H,18,22). The van der Waals surface area contributed by atoms with E-state index in [9.17, 15) is 9.59 Å². The summed E-state index contributed by atoms with van der Waals surface area (Å²) in [6.45, 7) is 5.64. The van der Waals surface area contributed by atoms with Crippen LogP contribution in [0.4, 0.5) is 0 Å². The number of aromatic amines is 1. The van der Waals surface area contributed by atoms with E-state index in [0.29, 0.717) is 23.4 Å². The average molecular weight is 315 g/mol. The number of hydrogen-bond donors (Lipinski definition) is 2. The van der Waals surface area contributed by atoms with E-state index in [0.717, 1.165) is 11.3 Å². The molecule has 0 aliphatic heterocycles. The molecule has 0 aromatic carbocycles. The van der Waals surface area contributed by atoms with E-state index in [-0.39, 0.29) is 17.6 Å². The number of aromatic nitrogens is 4. The van der Waals surface area contributed by atoms with Crippen molar-refractivity contribution in [1.29, 1.82) is 0 Å². The van der Waals surface area contributed by atoms with Gasteiger partial charge in [0.1, 0.15) is 5.76 Å². The van der Waals surface area contributed by atoms with E-state index in [2.05, 4.69) is 20.7 Å². The van der Waals surface area contributed by atoms with E-state index >= 15 is 0 Å². The molecular weight excluding hydrogens is 298 g/mol. The number of carbonyl (C=O) groups excluding carboxylic acids is 1. The summed E-state index contributed by atoms with van der Waals surface area (Å²) in [7, 11) is 0. The van der Waals surface area contributed by atoms with Crippen molar-refractivity contribution < 1.29 is 9.32 Å². The molecule has 0 saturated heterocycles. The first-order chi connectivity index (χ1) is 11.0. The Morgan fingerprint density at radius 1 is 1.43 bits per heavy atom. The fourth-order valence-corrected chi connectivity index (χ4v) is 2.65. The Labute approximate surface area is 131 Å². The maximum atomic E-state index is 12.5. The van der Waals surface area contributed by atoms with Crippen LogP contribution in [0.15, 0.2) is 27.6 Å². The van der Waals surface area contributed by atoms with E-state index in [4.69, 9.17) is 4.52 Å². The van der Waals surface area contributed by atoms with Crippen LogP contribution in [-0.4, -0.2) is 25.7 Å². The van der Waals surface area contributed by atoms with Gasteiger partial charge in [-0.05, 0) is 32.4 Å². The van der Waals surface area contributed by atoms with Crippen LogP contribution in [0.2, 0.25) is 0 Å². The minimum atomic E-state index is -0.382. The Morgan fingerprint density at radius 2 is 2.22 bits per heavy atom. The SMILES string of the molecule is CCC(NC(=O)c1ccc2n[nH]c(=O)n2c1)c1c(C)noc1C. The van der Waals surface area contributed by atoms with Gasteiger partial charge >= 0.3 is 5.69 Å². The third kappa shape index (κ3) is 2.63. The van der Waals surface area contributed by atoms with Crippen molar-refractivity contribution in [3.05, 3.63) is 51.4 Å². The van der Waals surface area contributed by atoms with Crippen LogP contribution in [0.5, 0.6) is 0 Å².